The van der Waals surface area contributed by atoms with Crippen molar-refractivity contribution in [1.82, 2.24) is 14.7 Å². The predicted molar refractivity (Wildman–Crippen MR) is 131 cm³/mol. The van der Waals surface area contributed by atoms with Crippen molar-refractivity contribution in [2.24, 2.45) is 16.8 Å². The topological polar surface area (TPSA) is 82.5 Å². The molecular weight excluding hydrogens is 444 g/mol. The van der Waals surface area contributed by atoms with Gasteiger partial charge in [-0.05, 0) is 31.7 Å². The lowest BCUT2D eigenvalue weighted by molar-refractivity contribution is -0.158. The summed E-state index contributed by atoms with van der Waals surface area (Å²) in [5, 5.41) is 0. The van der Waals surface area contributed by atoms with Crippen molar-refractivity contribution in [1.29, 1.82) is 0 Å². The molecule has 1 saturated carbocycles. The van der Waals surface area contributed by atoms with Crippen LogP contribution in [0.2, 0.25) is 0 Å². The first-order valence-electron chi connectivity index (χ1n) is 13.1. The largest absolute Gasteiger partial charge is 0.467 e. The van der Waals surface area contributed by atoms with E-state index >= 15 is 0 Å². The van der Waals surface area contributed by atoms with Crippen LogP contribution < -0.4 is 0 Å². The Kier molecular flexibility index (Phi) is 6.32. The van der Waals surface area contributed by atoms with Gasteiger partial charge in [-0.3, -0.25) is 14.5 Å². The van der Waals surface area contributed by atoms with Gasteiger partial charge in [0.2, 0.25) is 11.8 Å². The molecule has 1 aliphatic carbocycles. The van der Waals surface area contributed by atoms with E-state index in [4.69, 9.17) is 9.73 Å². The molecule has 8 heteroatoms. The van der Waals surface area contributed by atoms with E-state index in [9.17, 15) is 14.4 Å². The van der Waals surface area contributed by atoms with Crippen molar-refractivity contribution in [3.63, 3.8) is 0 Å². The van der Waals surface area contributed by atoms with E-state index < -0.39 is 23.3 Å². The molecule has 188 valence electrons. The molecule has 5 rings (SSSR count). The molecule has 0 bridgehead atoms. The highest BCUT2D eigenvalue weighted by atomic mass is 16.5. The molecule has 35 heavy (non-hydrogen) atoms. The number of benzene rings is 1. The Morgan fingerprint density at radius 2 is 1.80 bits per heavy atom. The number of guanidine groups is 1. The van der Waals surface area contributed by atoms with Crippen molar-refractivity contribution in [3.8, 4) is 0 Å². The molecule has 0 radical (unpaired) electrons. The summed E-state index contributed by atoms with van der Waals surface area (Å²) < 4.78 is 5.35. The number of nitrogens with zero attached hydrogens (tertiary/aromatic N) is 4. The number of carbonyl (C=O) groups is 3. The molecule has 3 aliphatic heterocycles. The van der Waals surface area contributed by atoms with Crippen LogP contribution in [0.5, 0.6) is 0 Å². The third kappa shape index (κ3) is 3.55. The number of likely N-dealkylation sites (tertiary alicyclic amines) is 1. The molecule has 4 fully saturated rings. The maximum Gasteiger partial charge on any atom is 0.332 e. The van der Waals surface area contributed by atoms with Crippen LogP contribution >= 0.6 is 0 Å². The maximum absolute atomic E-state index is 13.9. The number of methoxy groups -OCH3 is 1. The number of likely N-dealkylation sites (N-methyl/N-ethyl adjacent to an activating group) is 1. The molecule has 0 unspecified atom stereocenters. The minimum atomic E-state index is -1.24. The average molecular weight is 481 g/mol. The number of hydrogen-bond donors (Lipinski definition) is 0. The predicted octanol–water partition coefficient (Wildman–Crippen LogP) is 2.82. The van der Waals surface area contributed by atoms with Gasteiger partial charge in [-0.25, -0.2) is 9.79 Å². The first-order valence-corrected chi connectivity index (χ1v) is 13.1. The van der Waals surface area contributed by atoms with Gasteiger partial charge in [-0.2, -0.15) is 0 Å². The molecule has 0 spiro atoms. The summed E-state index contributed by atoms with van der Waals surface area (Å²) in [6.07, 6.45) is 5.99. The van der Waals surface area contributed by atoms with E-state index in [-0.39, 0.29) is 30.4 Å². The number of rotatable bonds is 6. The number of amides is 2. The Bertz CT molecular complexity index is 1020. The van der Waals surface area contributed by atoms with Crippen LogP contribution in [-0.2, 0) is 25.7 Å². The molecule has 2 amide bonds. The fourth-order valence-electron chi connectivity index (χ4n) is 6.88. The van der Waals surface area contributed by atoms with Crippen LogP contribution in [0.1, 0.15) is 57.9 Å². The second-order valence-electron chi connectivity index (χ2n) is 10.2. The second kappa shape index (κ2) is 9.28. The summed E-state index contributed by atoms with van der Waals surface area (Å²) in [6.45, 7) is 5.53. The minimum absolute atomic E-state index is 0.187. The third-order valence-corrected chi connectivity index (χ3v) is 8.55. The van der Waals surface area contributed by atoms with Crippen LogP contribution in [0.25, 0.3) is 0 Å². The van der Waals surface area contributed by atoms with E-state index in [2.05, 4.69) is 11.8 Å². The molecule has 1 aromatic carbocycles. The van der Waals surface area contributed by atoms with E-state index in [0.29, 0.717) is 13.0 Å². The van der Waals surface area contributed by atoms with Gasteiger partial charge >= 0.3 is 5.97 Å². The van der Waals surface area contributed by atoms with E-state index in [0.717, 1.165) is 43.8 Å². The average Bonchev–Trinajstić information content (AvgIpc) is 3.47. The smallest absolute Gasteiger partial charge is 0.332 e. The van der Waals surface area contributed by atoms with Crippen molar-refractivity contribution in [2.45, 2.75) is 76.5 Å². The molecule has 4 aliphatic rings. The van der Waals surface area contributed by atoms with Gasteiger partial charge in [0.15, 0.2) is 11.5 Å². The zero-order chi connectivity index (χ0) is 24.7. The van der Waals surface area contributed by atoms with E-state index in [1.165, 1.54) is 18.4 Å². The lowest BCUT2D eigenvalue weighted by atomic mass is 9.78. The maximum atomic E-state index is 13.9. The number of ether oxygens (including phenoxy) is 1. The molecule has 1 aromatic rings. The summed E-state index contributed by atoms with van der Waals surface area (Å²) >= 11 is 0. The lowest BCUT2D eigenvalue weighted by Crippen LogP contribution is -2.60. The standard InChI is InChI=1S/C27H36N4O4/c1-4-27(25(34)35-3)22-21(23(32)30(24(22)33)16-18-12-8-6-9-13-18)20-17-29(5-2)26(31(20)27)28-19-14-10-7-11-15-19/h6,8-9,12-13,19-22H,4-5,7,10-11,14-17H2,1-3H3/t20-,21+,22-,27-/m1/s1. The fourth-order valence-corrected chi connectivity index (χ4v) is 6.88. The Hall–Kier alpha value is -2.90. The van der Waals surface area contributed by atoms with Gasteiger partial charge in [0.25, 0.3) is 0 Å². The van der Waals surface area contributed by atoms with Crippen molar-refractivity contribution >= 4 is 23.7 Å². The summed E-state index contributed by atoms with van der Waals surface area (Å²) in [4.78, 5) is 52.0. The fraction of sp³-hybridized carbons (Fsp3) is 0.630. The summed E-state index contributed by atoms with van der Waals surface area (Å²) in [5.74, 6) is -1.50. The highest BCUT2D eigenvalue weighted by Gasteiger charge is 2.74. The van der Waals surface area contributed by atoms with Crippen LogP contribution in [0.3, 0.4) is 0 Å². The van der Waals surface area contributed by atoms with E-state index in [1.54, 1.807) is 0 Å². The zero-order valence-electron chi connectivity index (χ0n) is 21.0. The van der Waals surface area contributed by atoms with Crippen LogP contribution in [0.15, 0.2) is 35.3 Å². The van der Waals surface area contributed by atoms with Crippen LogP contribution in [0, 0.1) is 11.8 Å². The van der Waals surface area contributed by atoms with Gasteiger partial charge in [0, 0.05) is 13.1 Å². The normalized spacial score (nSPS) is 31.9. The Morgan fingerprint density at radius 1 is 1.09 bits per heavy atom. The first kappa shape index (κ1) is 23.8. The van der Waals surface area contributed by atoms with Gasteiger partial charge in [0.05, 0.1) is 37.6 Å². The Balaban J connectivity index is 1.58. The van der Waals surface area contributed by atoms with Crippen LogP contribution in [0.4, 0.5) is 0 Å². The zero-order valence-corrected chi connectivity index (χ0v) is 21.0. The number of aliphatic imine (C=N–C) groups is 1. The number of esters is 1. The Morgan fingerprint density at radius 3 is 2.43 bits per heavy atom. The highest BCUT2D eigenvalue weighted by molar-refractivity contribution is 6.11. The van der Waals surface area contributed by atoms with Crippen molar-refractivity contribution in [2.75, 3.05) is 20.2 Å². The van der Waals surface area contributed by atoms with Gasteiger partial charge in [0.1, 0.15) is 0 Å². The van der Waals surface area contributed by atoms with Gasteiger partial charge in [-0.1, -0.05) is 56.5 Å². The van der Waals surface area contributed by atoms with Crippen molar-refractivity contribution in [3.05, 3.63) is 35.9 Å². The molecular formula is C27H36N4O4. The minimum Gasteiger partial charge on any atom is -0.467 e. The van der Waals surface area contributed by atoms with Crippen molar-refractivity contribution < 1.29 is 19.1 Å². The van der Waals surface area contributed by atoms with Gasteiger partial charge < -0.3 is 14.5 Å². The Labute approximate surface area is 207 Å². The van der Waals surface area contributed by atoms with E-state index in [1.807, 2.05) is 42.2 Å². The summed E-state index contributed by atoms with van der Waals surface area (Å²) in [7, 11) is 1.37. The SMILES string of the molecule is CCN1C[C@@H]2[C@@H]3C(=O)N(Cc4ccccc4)C(=O)[C@@H]3[C@](CC)(C(=O)OC)N2C1=NC1CCCCC1. The molecule has 8 nitrogen and oxygen atoms in total. The summed E-state index contributed by atoms with van der Waals surface area (Å²) in [5.41, 5.74) is -0.341. The number of hydrogen-bond acceptors (Lipinski definition) is 5. The molecule has 4 atom stereocenters. The molecule has 0 N–H and O–H groups in total. The molecule has 3 saturated heterocycles. The number of imide groups is 1. The number of fused-ring (bicyclic) bond motifs is 3. The molecule has 0 aromatic heterocycles. The highest BCUT2D eigenvalue weighted by Crippen LogP contribution is 2.53. The van der Waals surface area contributed by atoms with Crippen LogP contribution in [-0.4, -0.2) is 76.3 Å². The molecule has 3 heterocycles. The monoisotopic (exact) mass is 480 g/mol. The summed E-state index contributed by atoms with van der Waals surface area (Å²) in [6, 6.07) is 9.47. The third-order valence-electron chi connectivity index (χ3n) is 8.55. The quantitative estimate of drug-likeness (QED) is 0.460. The lowest BCUT2D eigenvalue weighted by Gasteiger charge is -2.40. The second-order valence-corrected chi connectivity index (χ2v) is 10.2. The first-order chi connectivity index (χ1) is 17.0. The number of carbonyl (C=O) groups excluding carboxylic acids is 3. The van der Waals surface area contributed by atoms with Gasteiger partial charge in [-0.15, -0.1) is 0 Å².